The third kappa shape index (κ3) is 7.02. The van der Waals surface area contributed by atoms with Gasteiger partial charge >= 0.3 is 0 Å². The van der Waals surface area contributed by atoms with Gasteiger partial charge in [0.25, 0.3) is 0 Å². The molecule has 0 atom stereocenters. The van der Waals surface area contributed by atoms with Crippen LogP contribution in [0.5, 0.6) is 0 Å². The summed E-state index contributed by atoms with van der Waals surface area (Å²) in [5.74, 6) is 0. The Hall–Kier alpha value is -0.980. The second-order valence-corrected chi connectivity index (χ2v) is 1.40. The zero-order valence-electron chi connectivity index (χ0n) is 5.71. The first kappa shape index (κ1) is 8.02. The molecule has 0 aliphatic rings. The van der Waals surface area contributed by atoms with Crippen molar-refractivity contribution in [1.82, 2.24) is 0 Å². The summed E-state index contributed by atoms with van der Waals surface area (Å²) in [7, 11) is 0. The first-order valence-electron chi connectivity index (χ1n) is 2.97. The molecule has 0 aliphatic carbocycles. The van der Waals surface area contributed by atoms with Crippen molar-refractivity contribution in [3.05, 3.63) is 37.1 Å². The van der Waals surface area contributed by atoms with Crippen LogP contribution in [-0.2, 0) is 4.74 Å². The fourth-order valence-corrected chi connectivity index (χ4v) is 0.340. The SMILES string of the molecule is C=C/C=C\C=C\OCC. The van der Waals surface area contributed by atoms with Crippen LogP contribution in [0.15, 0.2) is 37.1 Å². The Balaban J connectivity index is 3.23. The highest BCUT2D eigenvalue weighted by Gasteiger charge is 1.64. The normalized spacial score (nSPS) is 10.8. The van der Waals surface area contributed by atoms with E-state index in [9.17, 15) is 0 Å². The van der Waals surface area contributed by atoms with Gasteiger partial charge in [-0.2, -0.15) is 0 Å². The van der Waals surface area contributed by atoms with Crippen molar-refractivity contribution >= 4 is 0 Å². The molecule has 0 fully saturated rings. The number of allylic oxidation sites excluding steroid dienone is 4. The molecule has 0 aliphatic heterocycles. The summed E-state index contributed by atoms with van der Waals surface area (Å²) in [5, 5.41) is 0. The maximum Gasteiger partial charge on any atom is 0.0845 e. The maximum atomic E-state index is 4.91. The van der Waals surface area contributed by atoms with Crippen molar-refractivity contribution in [3.8, 4) is 0 Å². The molecular formula is C8H12O. The molecule has 0 spiro atoms. The predicted octanol–water partition coefficient (Wildman–Crippen LogP) is 2.28. The summed E-state index contributed by atoms with van der Waals surface area (Å²) in [6.07, 6.45) is 8.90. The monoisotopic (exact) mass is 124 g/mol. The summed E-state index contributed by atoms with van der Waals surface area (Å²) in [6.45, 7) is 6.18. The topological polar surface area (TPSA) is 9.23 Å². The summed E-state index contributed by atoms with van der Waals surface area (Å²) < 4.78 is 4.91. The van der Waals surface area contributed by atoms with Gasteiger partial charge in [-0.25, -0.2) is 0 Å². The minimum Gasteiger partial charge on any atom is -0.501 e. The quantitative estimate of drug-likeness (QED) is 0.412. The zero-order chi connectivity index (χ0) is 6.95. The lowest BCUT2D eigenvalue weighted by molar-refractivity contribution is 0.269. The van der Waals surface area contributed by atoms with E-state index in [0.29, 0.717) is 0 Å². The van der Waals surface area contributed by atoms with Gasteiger partial charge in [0.05, 0.1) is 12.9 Å². The van der Waals surface area contributed by atoms with E-state index in [1.54, 1.807) is 12.3 Å². The predicted molar refractivity (Wildman–Crippen MR) is 40.1 cm³/mol. The largest absolute Gasteiger partial charge is 0.501 e. The Labute approximate surface area is 56.3 Å². The molecule has 0 heterocycles. The van der Waals surface area contributed by atoms with Crippen LogP contribution in [0.25, 0.3) is 0 Å². The summed E-state index contributed by atoms with van der Waals surface area (Å²) in [5.41, 5.74) is 0. The van der Waals surface area contributed by atoms with Crippen molar-refractivity contribution in [1.29, 1.82) is 0 Å². The first-order valence-corrected chi connectivity index (χ1v) is 2.97. The van der Waals surface area contributed by atoms with Crippen LogP contribution in [-0.4, -0.2) is 6.61 Å². The zero-order valence-corrected chi connectivity index (χ0v) is 5.71. The lowest BCUT2D eigenvalue weighted by Crippen LogP contribution is -1.74. The van der Waals surface area contributed by atoms with E-state index in [4.69, 9.17) is 4.74 Å². The molecular weight excluding hydrogens is 112 g/mol. The van der Waals surface area contributed by atoms with Gasteiger partial charge in [0.1, 0.15) is 0 Å². The average Bonchev–Trinajstić information content (AvgIpc) is 1.89. The molecule has 0 rings (SSSR count). The standard InChI is InChI=1S/C8H12O/c1-3-5-6-7-8-9-4-2/h3,5-8H,1,4H2,2H3/b6-5-,8-7+. The third-order valence-corrected chi connectivity index (χ3v) is 0.700. The minimum atomic E-state index is 0.721. The van der Waals surface area contributed by atoms with Gasteiger partial charge < -0.3 is 4.74 Å². The highest BCUT2D eigenvalue weighted by molar-refractivity contribution is 5.07. The van der Waals surface area contributed by atoms with Crippen LogP contribution in [0.2, 0.25) is 0 Å². The van der Waals surface area contributed by atoms with Crippen molar-refractivity contribution in [2.75, 3.05) is 6.61 Å². The molecule has 0 aromatic rings. The molecule has 1 heteroatoms. The number of rotatable bonds is 4. The average molecular weight is 124 g/mol. The smallest absolute Gasteiger partial charge is 0.0845 e. The molecule has 9 heavy (non-hydrogen) atoms. The Morgan fingerprint density at radius 2 is 2.11 bits per heavy atom. The Morgan fingerprint density at radius 3 is 2.67 bits per heavy atom. The fourth-order valence-electron chi connectivity index (χ4n) is 0.340. The molecule has 0 saturated heterocycles. The Morgan fingerprint density at radius 1 is 1.33 bits per heavy atom. The Kier molecular flexibility index (Phi) is 6.26. The third-order valence-electron chi connectivity index (χ3n) is 0.700. The maximum absolute atomic E-state index is 4.91. The van der Waals surface area contributed by atoms with E-state index in [1.807, 2.05) is 25.2 Å². The fraction of sp³-hybridized carbons (Fsp3) is 0.250. The van der Waals surface area contributed by atoms with Crippen LogP contribution in [0.1, 0.15) is 6.92 Å². The highest BCUT2D eigenvalue weighted by Crippen LogP contribution is 1.79. The summed E-state index contributed by atoms with van der Waals surface area (Å²) in [4.78, 5) is 0. The lowest BCUT2D eigenvalue weighted by Gasteiger charge is -1.87. The van der Waals surface area contributed by atoms with E-state index >= 15 is 0 Å². The van der Waals surface area contributed by atoms with Crippen LogP contribution in [0.3, 0.4) is 0 Å². The van der Waals surface area contributed by atoms with Gasteiger partial charge in [0.15, 0.2) is 0 Å². The first-order chi connectivity index (χ1) is 4.41. The van der Waals surface area contributed by atoms with Gasteiger partial charge in [-0.3, -0.25) is 0 Å². The number of hydrogen-bond donors (Lipinski definition) is 0. The molecule has 0 unspecified atom stereocenters. The number of hydrogen-bond acceptors (Lipinski definition) is 1. The van der Waals surface area contributed by atoms with Crippen LogP contribution < -0.4 is 0 Å². The van der Waals surface area contributed by atoms with Crippen molar-refractivity contribution < 1.29 is 4.74 Å². The van der Waals surface area contributed by atoms with E-state index in [0.717, 1.165) is 6.61 Å². The molecule has 0 aromatic heterocycles. The van der Waals surface area contributed by atoms with Gasteiger partial charge in [-0.05, 0) is 13.0 Å². The molecule has 1 nitrogen and oxygen atoms in total. The minimum absolute atomic E-state index is 0.721. The van der Waals surface area contributed by atoms with E-state index in [-0.39, 0.29) is 0 Å². The van der Waals surface area contributed by atoms with Crippen LogP contribution in [0.4, 0.5) is 0 Å². The van der Waals surface area contributed by atoms with Crippen molar-refractivity contribution in [3.63, 3.8) is 0 Å². The summed E-state index contributed by atoms with van der Waals surface area (Å²) in [6, 6.07) is 0. The lowest BCUT2D eigenvalue weighted by atomic mass is 10.5. The van der Waals surface area contributed by atoms with Crippen LogP contribution >= 0.6 is 0 Å². The van der Waals surface area contributed by atoms with Gasteiger partial charge in [0, 0.05) is 0 Å². The molecule has 0 radical (unpaired) electrons. The highest BCUT2D eigenvalue weighted by atomic mass is 16.5. The van der Waals surface area contributed by atoms with Gasteiger partial charge in [-0.15, -0.1) is 0 Å². The Bertz CT molecular complexity index is 112. The second-order valence-electron chi connectivity index (χ2n) is 1.40. The van der Waals surface area contributed by atoms with E-state index in [2.05, 4.69) is 6.58 Å². The van der Waals surface area contributed by atoms with Gasteiger partial charge in [-0.1, -0.05) is 24.8 Å². The van der Waals surface area contributed by atoms with Crippen LogP contribution in [0, 0.1) is 0 Å². The molecule has 0 N–H and O–H groups in total. The van der Waals surface area contributed by atoms with E-state index in [1.165, 1.54) is 0 Å². The second kappa shape index (κ2) is 7.02. The summed E-state index contributed by atoms with van der Waals surface area (Å²) >= 11 is 0. The van der Waals surface area contributed by atoms with E-state index < -0.39 is 0 Å². The van der Waals surface area contributed by atoms with Crippen molar-refractivity contribution in [2.24, 2.45) is 0 Å². The molecule has 0 bridgehead atoms. The van der Waals surface area contributed by atoms with Gasteiger partial charge in [0.2, 0.25) is 0 Å². The number of ether oxygens (including phenoxy) is 1. The molecule has 0 aromatic carbocycles. The molecule has 0 amide bonds. The van der Waals surface area contributed by atoms with Crippen molar-refractivity contribution in [2.45, 2.75) is 6.92 Å². The molecule has 50 valence electrons. The molecule has 0 saturated carbocycles.